The Balaban J connectivity index is 2.25. The molecule has 0 radical (unpaired) electrons. The first-order chi connectivity index (χ1) is 5.14. The van der Waals surface area contributed by atoms with Gasteiger partial charge in [0.05, 0.1) is 0 Å². The molecule has 2 N–H and O–H groups in total. The van der Waals surface area contributed by atoms with E-state index in [1.165, 1.54) is 0 Å². The van der Waals surface area contributed by atoms with Crippen LogP contribution in [0.2, 0.25) is 0 Å². The van der Waals surface area contributed by atoms with E-state index >= 15 is 0 Å². The summed E-state index contributed by atoms with van der Waals surface area (Å²) >= 11 is 0. The van der Waals surface area contributed by atoms with E-state index in [-0.39, 0.29) is 0 Å². The molecule has 0 saturated heterocycles. The molecule has 0 aromatic rings. The summed E-state index contributed by atoms with van der Waals surface area (Å²) in [5, 5.41) is 18.4. The zero-order chi connectivity index (χ0) is 8.32. The van der Waals surface area contributed by atoms with Crippen molar-refractivity contribution in [3.8, 4) is 0 Å². The van der Waals surface area contributed by atoms with E-state index in [0.717, 1.165) is 19.4 Å². The predicted molar refractivity (Wildman–Crippen MR) is 41.0 cm³/mol. The second-order valence-corrected chi connectivity index (χ2v) is 3.38. The van der Waals surface area contributed by atoms with E-state index in [2.05, 4.69) is 0 Å². The average molecular weight is 160 g/mol. The van der Waals surface area contributed by atoms with E-state index < -0.39 is 5.79 Å². The smallest absolute Gasteiger partial charge is 0.162 e. The number of aliphatic hydroxyl groups is 2. The molecule has 1 fully saturated rings. The van der Waals surface area contributed by atoms with Gasteiger partial charge in [0, 0.05) is 26.6 Å². The van der Waals surface area contributed by atoms with Gasteiger partial charge in [-0.25, -0.2) is 0 Å². The van der Waals surface area contributed by atoms with Gasteiger partial charge in [-0.05, 0) is 18.8 Å². The molecule has 0 aromatic carbocycles. The molecular weight excluding hydrogens is 144 g/mol. The lowest BCUT2D eigenvalue weighted by Gasteiger charge is -2.31. The summed E-state index contributed by atoms with van der Waals surface area (Å²) in [5.41, 5.74) is 0. The molecule has 3 nitrogen and oxygen atoms in total. The Morgan fingerprint density at radius 2 is 1.91 bits per heavy atom. The summed E-state index contributed by atoms with van der Waals surface area (Å²) in [5.74, 6) is -0.878. The summed E-state index contributed by atoms with van der Waals surface area (Å²) in [7, 11) is 1.68. The van der Waals surface area contributed by atoms with Gasteiger partial charge in [-0.2, -0.15) is 0 Å². The molecule has 1 aliphatic rings. The molecule has 0 aromatic heterocycles. The van der Waals surface area contributed by atoms with E-state index in [4.69, 9.17) is 4.74 Å². The first kappa shape index (κ1) is 8.97. The second kappa shape index (κ2) is 3.52. The Morgan fingerprint density at radius 3 is 2.36 bits per heavy atom. The Morgan fingerprint density at radius 1 is 1.36 bits per heavy atom. The highest BCUT2D eigenvalue weighted by molar-refractivity contribution is 4.75. The van der Waals surface area contributed by atoms with Crippen molar-refractivity contribution in [3.05, 3.63) is 0 Å². The fourth-order valence-corrected chi connectivity index (χ4v) is 1.54. The first-order valence-corrected chi connectivity index (χ1v) is 4.08. The minimum atomic E-state index is -1.40. The zero-order valence-electron chi connectivity index (χ0n) is 6.92. The van der Waals surface area contributed by atoms with Crippen LogP contribution < -0.4 is 0 Å². The van der Waals surface area contributed by atoms with Gasteiger partial charge in [-0.1, -0.05) is 0 Å². The van der Waals surface area contributed by atoms with E-state index in [1.807, 2.05) is 0 Å². The molecule has 0 unspecified atom stereocenters. The zero-order valence-corrected chi connectivity index (χ0v) is 6.92. The summed E-state index contributed by atoms with van der Waals surface area (Å²) in [6, 6.07) is 0. The van der Waals surface area contributed by atoms with Crippen molar-refractivity contribution in [1.82, 2.24) is 0 Å². The highest BCUT2D eigenvalue weighted by atomic mass is 16.5. The van der Waals surface area contributed by atoms with Gasteiger partial charge in [0.15, 0.2) is 5.79 Å². The van der Waals surface area contributed by atoms with E-state index in [1.54, 1.807) is 7.11 Å². The largest absolute Gasteiger partial charge is 0.384 e. The van der Waals surface area contributed by atoms with Crippen LogP contribution in [0.5, 0.6) is 0 Å². The highest BCUT2D eigenvalue weighted by Crippen LogP contribution is 2.29. The Labute approximate surface area is 67.0 Å². The quantitative estimate of drug-likeness (QED) is 0.578. The van der Waals surface area contributed by atoms with Crippen LogP contribution in [0.4, 0.5) is 0 Å². The topological polar surface area (TPSA) is 49.7 Å². The van der Waals surface area contributed by atoms with Crippen molar-refractivity contribution in [3.63, 3.8) is 0 Å². The average Bonchev–Trinajstić information content (AvgIpc) is 1.94. The van der Waals surface area contributed by atoms with Crippen LogP contribution in [-0.2, 0) is 4.74 Å². The van der Waals surface area contributed by atoms with Gasteiger partial charge in [0.2, 0.25) is 0 Å². The molecule has 66 valence electrons. The number of hydrogen-bond donors (Lipinski definition) is 2. The lowest BCUT2D eigenvalue weighted by molar-refractivity contribution is -0.188. The van der Waals surface area contributed by atoms with Crippen LogP contribution in [0.25, 0.3) is 0 Å². The Hall–Kier alpha value is -0.120. The van der Waals surface area contributed by atoms with Crippen LogP contribution in [0.1, 0.15) is 25.7 Å². The van der Waals surface area contributed by atoms with E-state index in [9.17, 15) is 10.2 Å². The summed E-state index contributed by atoms with van der Waals surface area (Å²) < 4.78 is 4.99. The summed E-state index contributed by atoms with van der Waals surface area (Å²) in [4.78, 5) is 0. The van der Waals surface area contributed by atoms with Gasteiger partial charge in [0.1, 0.15) is 0 Å². The monoisotopic (exact) mass is 160 g/mol. The molecule has 0 bridgehead atoms. The van der Waals surface area contributed by atoms with Crippen molar-refractivity contribution in [1.29, 1.82) is 0 Å². The predicted octanol–water partition coefficient (Wildman–Crippen LogP) is 0.504. The normalized spacial score (nSPS) is 25.4. The van der Waals surface area contributed by atoms with Crippen LogP contribution in [-0.4, -0.2) is 29.7 Å². The third-order valence-electron chi connectivity index (χ3n) is 2.31. The third-order valence-corrected chi connectivity index (χ3v) is 2.31. The SMILES string of the molecule is COCC1CCC(O)(O)CC1. The Kier molecular flexibility index (Phi) is 2.87. The molecule has 11 heavy (non-hydrogen) atoms. The molecule has 0 spiro atoms. The fourth-order valence-electron chi connectivity index (χ4n) is 1.54. The Bertz CT molecular complexity index is 113. The first-order valence-electron chi connectivity index (χ1n) is 4.08. The van der Waals surface area contributed by atoms with Crippen LogP contribution in [0.3, 0.4) is 0 Å². The maximum Gasteiger partial charge on any atom is 0.162 e. The van der Waals surface area contributed by atoms with Gasteiger partial charge >= 0.3 is 0 Å². The van der Waals surface area contributed by atoms with Crippen LogP contribution in [0.15, 0.2) is 0 Å². The number of ether oxygens (including phenoxy) is 1. The molecular formula is C8H16O3. The van der Waals surface area contributed by atoms with Crippen LogP contribution in [0, 0.1) is 5.92 Å². The van der Waals surface area contributed by atoms with Gasteiger partial charge in [0.25, 0.3) is 0 Å². The van der Waals surface area contributed by atoms with Gasteiger partial charge in [-0.3, -0.25) is 0 Å². The van der Waals surface area contributed by atoms with Gasteiger partial charge in [-0.15, -0.1) is 0 Å². The second-order valence-electron chi connectivity index (χ2n) is 3.38. The van der Waals surface area contributed by atoms with Crippen molar-refractivity contribution < 1.29 is 14.9 Å². The fraction of sp³-hybridized carbons (Fsp3) is 1.00. The number of hydrogen-bond acceptors (Lipinski definition) is 3. The lowest BCUT2D eigenvalue weighted by atomic mass is 9.86. The lowest BCUT2D eigenvalue weighted by Crippen LogP contribution is -2.34. The molecule has 1 aliphatic carbocycles. The molecule has 3 heteroatoms. The molecule has 0 heterocycles. The van der Waals surface area contributed by atoms with Crippen LogP contribution >= 0.6 is 0 Å². The molecule has 0 aliphatic heterocycles. The van der Waals surface area contributed by atoms with Crippen molar-refractivity contribution in [2.75, 3.05) is 13.7 Å². The maximum atomic E-state index is 9.18. The molecule has 1 rings (SSSR count). The minimum absolute atomic E-state index is 0.487. The van der Waals surface area contributed by atoms with Gasteiger partial charge < -0.3 is 14.9 Å². The van der Waals surface area contributed by atoms with Crippen molar-refractivity contribution >= 4 is 0 Å². The molecule has 0 amide bonds. The highest BCUT2D eigenvalue weighted by Gasteiger charge is 2.30. The maximum absolute atomic E-state index is 9.18. The summed E-state index contributed by atoms with van der Waals surface area (Å²) in [6.07, 6.45) is 2.70. The third kappa shape index (κ3) is 2.77. The minimum Gasteiger partial charge on any atom is -0.384 e. The standard InChI is InChI=1S/C8H16O3/c1-11-6-7-2-4-8(9,10)5-3-7/h7,9-10H,2-6H2,1H3. The van der Waals surface area contributed by atoms with E-state index in [0.29, 0.717) is 18.8 Å². The number of rotatable bonds is 2. The molecule has 0 atom stereocenters. The number of methoxy groups -OCH3 is 1. The van der Waals surface area contributed by atoms with Crippen molar-refractivity contribution in [2.24, 2.45) is 5.92 Å². The molecule has 1 saturated carbocycles. The summed E-state index contributed by atoms with van der Waals surface area (Å²) in [6.45, 7) is 0.746. The van der Waals surface area contributed by atoms with Crippen molar-refractivity contribution in [2.45, 2.75) is 31.5 Å².